The summed E-state index contributed by atoms with van der Waals surface area (Å²) in [5, 5.41) is 0. The molecule has 0 aliphatic carbocycles. The van der Waals surface area contributed by atoms with E-state index in [1.54, 1.807) is 0 Å². The van der Waals surface area contributed by atoms with Crippen LogP contribution >= 0.6 is 0 Å². The number of hydrogen-bond acceptors (Lipinski definition) is 4. The van der Waals surface area contributed by atoms with Gasteiger partial charge in [0.15, 0.2) is 6.29 Å². The fraction of sp³-hybridized carbons (Fsp3) is 0.833. The Morgan fingerprint density at radius 1 is 1.45 bits per heavy atom. The molecule has 0 aromatic heterocycles. The number of hydrogen-bond donors (Lipinski definition) is 2. The van der Waals surface area contributed by atoms with Gasteiger partial charge in [0, 0.05) is 20.6 Å². The summed E-state index contributed by atoms with van der Waals surface area (Å²) in [6.45, 7) is 0. The van der Waals surface area contributed by atoms with Crippen molar-refractivity contribution >= 4 is 5.91 Å². The first-order valence-corrected chi connectivity index (χ1v) is 3.22. The van der Waals surface area contributed by atoms with Gasteiger partial charge in [0.1, 0.15) is 0 Å². The van der Waals surface area contributed by atoms with Crippen LogP contribution in [-0.4, -0.2) is 32.5 Å². The Morgan fingerprint density at radius 2 is 1.91 bits per heavy atom. The Hall–Kier alpha value is -0.650. The quantitative estimate of drug-likeness (QED) is 0.497. The van der Waals surface area contributed by atoms with Crippen molar-refractivity contribution in [1.29, 1.82) is 0 Å². The molecule has 0 aliphatic rings. The zero-order chi connectivity index (χ0) is 8.85. The van der Waals surface area contributed by atoms with Crippen LogP contribution in [0.5, 0.6) is 0 Å². The minimum absolute atomic E-state index is 0.280. The topological polar surface area (TPSA) is 87.6 Å². The summed E-state index contributed by atoms with van der Waals surface area (Å²) < 4.78 is 9.62. The molecule has 5 heteroatoms. The third kappa shape index (κ3) is 3.92. The van der Waals surface area contributed by atoms with Crippen LogP contribution in [0.25, 0.3) is 0 Å². The van der Waals surface area contributed by atoms with E-state index in [1.165, 1.54) is 14.2 Å². The summed E-state index contributed by atoms with van der Waals surface area (Å²) in [7, 11) is 2.95. The van der Waals surface area contributed by atoms with Crippen molar-refractivity contribution in [2.45, 2.75) is 18.8 Å². The molecule has 0 fully saturated rings. The first-order valence-electron chi connectivity index (χ1n) is 3.22. The van der Waals surface area contributed by atoms with Crippen LogP contribution in [-0.2, 0) is 14.3 Å². The highest BCUT2D eigenvalue weighted by atomic mass is 16.7. The Bertz CT molecular complexity index is 125. The van der Waals surface area contributed by atoms with E-state index in [2.05, 4.69) is 0 Å². The normalized spacial score (nSPS) is 13.5. The molecule has 0 aromatic carbocycles. The van der Waals surface area contributed by atoms with Crippen molar-refractivity contribution in [3.8, 4) is 0 Å². The zero-order valence-electron chi connectivity index (χ0n) is 6.74. The predicted octanol–water partition coefficient (Wildman–Crippen LogP) is -1.19. The minimum atomic E-state index is -0.708. The average molecular weight is 162 g/mol. The number of amides is 1. The molecule has 0 aliphatic heterocycles. The predicted molar refractivity (Wildman–Crippen MR) is 39.6 cm³/mol. The Balaban J connectivity index is 3.71. The van der Waals surface area contributed by atoms with E-state index < -0.39 is 18.2 Å². The van der Waals surface area contributed by atoms with E-state index >= 15 is 0 Å². The molecule has 0 spiro atoms. The van der Waals surface area contributed by atoms with Crippen LogP contribution in [0.2, 0.25) is 0 Å². The molecule has 0 saturated heterocycles. The van der Waals surface area contributed by atoms with Crippen LogP contribution < -0.4 is 11.5 Å². The number of nitrogens with two attached hydrogens (primary N) is 2. The Kier molecular flexibility index (Phi) is 4.76. The van der Waals surface area contributed by atoms with Crippen LogP contribution in [0.1, 0.15) is 6.42 Å². The van der Waals surface area contributed by atoms with Crippen molar-refractivity contribution in [1.82, 2.24) is 0 Å². The fourth-order valence-electron chi connectivity index (χ4n) is 0.612. The summed E-state index contributed by atoms with van der Waals surface area (Å²) in [4.78, 5) is 10.5. The molecular formula is C6H14N2O3. The number of primary amides is 1. The van der Waals surface area contributed by atoms with E-state index in [0.717, 1.165) is 0 Å². The molecule has 5 nitrogen and oxygen atoms in total. The molecule has 0 bridgehead atoms. The number of carbonyl (C=O) groups is 1. The second kappa shape index (κ2) is 5.06. The molecule has 11 heavy (non-hydrogen) atoms. The first kappa shape index (κ1) is 10.3. The second-order valence-corrected chi connectivity index (χ2v) is 2.15. The number of methoxy groups -OCH3 is 2. The average Bonchev–Trinajstić information content (AvgIpc) is 1.99. The summed E-state index contributed by atoms with van der Waals surface area (Å²) >= 11 is 0. The lowest BCUT2D eigenvalue weighted by molar-refractivity contribution is -0.128. The van der Waals surface area contributed by atoms with Crippen LogP contribution in [0, 0.1) is 0 Å². The van der Waals surface area contributed by atoms with Crippen LogP contribution in [0.15, 0.2) is 0 Å². The maximum absolute atomic E-state index is 10.5. The van der Waals surface area contributed by atoms with Gasteiger partial charge in [-0.1, -0.05) is 0 Å². The lowest BCUT2D eigenvalue weighted by atomic mass is 10.2. The zero-order valence-corrected chi connectivity index (χ0v) is 6.74. The molecule has 1 unspecified atom stereocenters. The van der Waals surface area contributed by atoms with Gasteiger partial charge in [-0.05, 0) is 0 Å². The molecule has 1 amide bonds. The lowest BCUT2D eigenvalue weighted by Gasteiger charge is -2.15. The molecule has 0 rings (SSSR count). The standard InChI is InChI=1S/C6H14N2O3/c1-10-5(11-2)3-4(7)6(8)9/h4-5H,3,7H2,1-2H3,(H2,8,9). The van der Waals surface area contributed by atoms with E-state index in [0.29, 0.717) is 0 Å². The SMILES string of the molecule is COC(CC(N)C(N)=O)OC. The van der Waals surface area contributed by atoms with Gasteiger partial charge in [-0.25, -0.2) is 0 Å². The molecular weight excluding hydrogens is 148 g/mol. The van der Waals surface area contributed by atoms with Crippen molar-refractivity contribution in [3.63, 3.8) is 0 Å². The first-order chi connectivity index (χ1) is 5.11. The van der Waals surface area contributed by atoms with Crippen molar-refractivity contribution in [3.05, 3.63) is 0 Å². The summed E-state index contributed by atoms with van der Waals surface area (Å²) in [6.07, 6.45) is -0.181. The molecule has 4 N–H and O–H groups in total. The summed E-state index contributed by atoms with van der Waals surface area (Å²) in [5.74, 6) is -0.552. The van der Waals surface area contributed by atoms with Gasteiger partial charge in [0.2, 0.25) is 5.91 Å². The largest absolute Gasteiger partial charge is 0.368 e. The highest BCUT2D eigenvalue weighted by molar-refractivity contribution is 5.79. The molecule has 0 saturated carbocycles. The molecule has 66 valence electrons. The number of ether oxygens (including phenoxy) is 2. The number of rotatable bonds is 5. The molecule has 0 aromatic rings. The molecule has 0 radical (unpaired) electrons. The summed E-state index contributed by atoms with van der Waals surface area (Å²) in [5.41, 5.74) is 10.3. The van der Waals surface area contributed by atoms with Gasteiger partial charge in [0.25, 0.3) is 0 Å². The molecule has 0 heterocycles. The summed E-state index contributed by atoms with van der Waals surface area (Å²) in [6, 6.07) is -0.708. The highest BCUT2D eigenvalue weighted by Crippen LogP contribution is 1.99. The highest BCUT2D eigenvalue weighted by Gasteiger charge is 2.15. The fourth-order valence-corrected chi connectivity index (χ4v) is 0.612. The van der Waals surface area contributed by atoms with E-state index in [9.17, 15) is 4.79 Å². The Labute approximate surface area is 65.6 Å². The smallest absolute Gasteiger partial charge is 0.234 e. The third-order valence-corrected chi connectivity index (χ3v) is 1.34. The van der Waals surface area contributed by atoms with Crippen LogP contribution in [0.4, 0.5) is 0 Å². The van der Waals surface area contributed by atoms with Gasteiger partial charge in [-0.15, -0.1) is 0 Å². The minimum Gasteiger partial charge on any atom is -0.368 e. The van der Waals surface area contributed by atoms with Gasteiger partial charge >= 0.3 is 0 Å². The van der Waals surface area contributed by atoms with E-state index in [-0.39, 0.29) is 6.42 Å². The van der Waals surface area contributed by atoms with Gasteiger partial charge in [-0.3, -0.25) is 4.79 Å². The van der Waals surface area contributed by atoms with Gasteiger partial charge in [0.05, 0.1) is 6.04 Å². The van der Waals surface area contributed by atoms with Crippen molar-refractivity contribution in [2.75, 3.05) is 14.2 Å². The van der Waals surface area contributed by atoms with E-state index in [1.807, 2.05) is 0 Å². The third-order valence-electron chi connectivity index (χ3n) is 1.34. The van der Waals surface area contributed by atoms with Gasteiger partial charge < -0.3 is 20.9 Å². The van der Waals surface area contributed by atoms with E-state index in [4.69, 9.17) is 20.9 Å². The van der Waals surface area contributed by atoms with Crippen LogP contribution in [0.3, 0.4) is 0 Å². The second-order valence-electron chi connectivity index (χ2n) is 2.15. The number of carbonyl (C=O) groups excluding carboxylic acids is 1. The maximum atomic E-state index is 10.5. The monoisotopic (exact) mass is 162 g/mol. The maximum Gasteiger partial charge on any atom is 0.234 e. The lowest BCUT2D eigenvalue weighted by Crippen LogP contribution is -2.39. The van der Waals surface area contributed by atoms with Crippen molar-refractivity contribution < 1.29 is 14.3 Å². The molecule has 1 atom stereocenters. The Morgan fingerprint density at radius 3 is 2.18 bits per heavy atom. The van der Waals surface area contributed by atoms with Gasteiger partial charge in [-0.2, -0.15) is 0 Å². The van der Waals surface area contributed by atoms with Crippen molar-refractivity contribution in [2.24, 2.45) is 11.5 Å².